The fraction of sp³-hybridized carbons (Fsp3) is 0.333. The zero-order valence-corrected chi connectivity index (χ0v) is 18.3. The number of hydrogen-bond donors (Lipinski definition) is 1. The zero-order valence-electron chi connectivity index (χ0n) is 18.3. The van der Waals surface area contributed by atoms with Crippen LogP contribution in [0.3, 0.4) is 0 Å². The van der Waals surface area contributed by atoms with E-state index in [1.165, 1.54) is 5.56 Å². The highest BCUT2D eigenvalue weighted by molar-refractivity contribution is 5.94. The number of carbonyl (C=O) groups is 1. The quantitative estimate of drug-likeness (QED) is 0.642. The molecule has 1 fully saturated rings. The minimum Gasteiger partial charge on any atom is -0.338 e. The van der Waals surface area contributed by atoms with Crippen LogP contribution in [-0.4, -0.2) is 58.1 Å². The SMILES string of the molecule is Cc1ccc(-c2noc(CN3CCN([C@@H](C)C(=O)Nc4ccc(C#N)cc4)CC3)n2)cc1. The second kappa shape index (κ2) is 9.73. The molecule has 2 heterocycles. The van der Waals surface area contributed by atoms with E-state index in [-0.39, 0.29) is 11.9 Å². The van der Waals surface area contributed by atoms with Crippen LogP contribution in [0.1, 0.15) is 23.9 Å². The van der Waals surface area contributed by atoms with Gasteiger partial charge in [-0.05, 0) is 38.1 Å². The molecule has 0 bridgehead atoms. The predicted octanol–water partition coefficient (Wildman–Crippen LogP) is 3.06. The molecule has 1 aliphatic rings. The average molecular weight is 431 g/mol. The molecule has 0 unspecified atom stereocenters. The largest absolute Gasteiger partial charge is 0.338 e. The third kappa shape index (κ3) is 5.19. The molecule has 1 aliphatic heterocycles. The fourth-order valence-electron chi connectivity index (χ4n) is 3.68. The minimum absolute atomic E-state index is 0.0530. The summed E-state index contributed by atoms with van der Waals surface area (Å²) >= 11 is 0. The fourth-order valence-corrected chi connectivity index (χ4v) is 3.68. The summed E-state index contributed by atoms with van der Waals surface area (Å²) in [6, 6.07) is 16.8. The van der Waals surface area contributed by atoms with Crippen LogP contribution in [-0.2, 0) is 11.3 Å². The summed E-state index contributed by atoms with van der Waals surface area (Å²) in [5.74, 6) is 1.15. The molecule has 164 valence electrons. The van der Waals surface area contributed by atoms with Gasteiger partial charge in [0.05, 0.1) is 24.2 Å². The highest BCUT2D eigenvalue weighted by Crippen LogP contribution is 2.18. The third-order valence-electron chi connectivity index (χ3n) is 5.75. The average Bonchev–Trinajstić information content (AvgIpc) is 3.28. The molecule has 0 radical (unpaired) electrons. The van der Waals surface area contributed by atoms with Crippen molar-refractivity contribution in [2.24, 2.45) is 0 Å². The Bertz CT molecular complexity index is 1090. The maximum atomic E-state index is 12.6. The van der Waals surface area contributed by atoms with Gasteiger partial charge in [0.25, 0.3) is 0 Å². The molecule has 1 saturated heterocycles. The Morgan fingerprint density at radius 3 is 2.47 bits per heavy atom. The number of rotatable bonds is 6. The van der Waals surface area contributed by atoms with Gasteiger partial charge in [0.2, 0.25) is 17.6 Å². The number of hydrogen-bond acceptors (Lipinski definition) is 7. The molecular formula is C24H26N6O2. The van der Waals surface area contributed by atoms with Crippen LogP contribution in [0.25, 0.3) is 11.4 Å². The van der Waals surface area contributed by atoms with Crippen LogP contribution >= 0.6 is 0 Å². The molecule has 2 aromatic carbocycles. The lowest BCUT2D eigenvalue weighted by Crippen LogP contribution is -2.52. The minimum atomic E-state index is -0.246. The summed E-state index contributed by atoms with van der Waals surface area (Å²) in [4.78, 5) is 21.6. The van der Waals surface area contributed by atoms with Gasteiger partial charge >= 0.3 is 0 Å². The molecule has 8 nitrogen and oxygen atoms in total. The van der Waals surface area contributed by atoms with Gasteiger partial charge in [0.15, 0.2) is 0 Å². The molecular weight excluding hydrogens is 404 g/mol. The number of carbonyl (C=O) groups excluding carboxylic acids is 1. The molecule has 1 atom stereocenters. The highest BCUT2D eigenvalue weighted by Gasteiger charge is 2.26. The highest BCUT2D eigenvalue weighted by atomic mass is 16.5. The van der Waals surface area contributed by atoms with Crippen LogP contribution in [0.15, 0.2) is 53.1 Å². The second-order valence-corrected chi connectivity index (χ2v) is 8.04. The zero-order chi connectivity index (χ0) is 22.5. The summed E-state index contributed by atoms with van der Waals surface area (Å²) < 4.78 is 5.45. The Morgan fingerprint density at radius 2 is 1.81 bits per heavy atom. The standard InChI is InChI=1S/C24H26N6O2/c1-17-3-7-20(8-4-17)23-27-22(32-28-23)16-29-11-13-30(14-12-29)18(2)24(31)26-21-9-5-19(15-25)6-10-21/h3-10,18H,11-14,16H2,1-2H3,(H,26,31)/t18-/m0/s1. The number of aryl methyl sites for hydroxylation is 1. The van der Waals surface area contributed by atoms with Crippen molar-refractivity contribution in [1.29, 1.82) is 5.26 Å². The number of anilines is 1. The first-order valence-electron chi connectivity index (χ1n) is 10.7. The van der Waals surface area contributed by atoms with Crippen LogP contribution in [0.5, 0.6) is 0 Å². The van der Waals surface area contributed by atoms with Crippen LogP contribution in [0.2, 0.25) is 0 Å². The maximum Gasteiger partial charge on any atom is 0.241 e. The van der Waals surface area contributed by atoms with E-state index >= 15 is 0 Å². The Hall–Kier alpha value is -3.54. The van der Waals surface area contributed by atoms with Crippen molar-refractivity contribution in [3.63, 3.8) is 0 Å². The molecule has 3 aromatic rings. The lowest BCUT2D eigenvalue weighted by atomic mass is 10.1. The van der Waals surface area contributed by atoms with E-state index in [0.717, 1.165) is 31.7 Å². The third-order valence-corrected chi connectivity index (χ3v) is 5.75. The van der Waals surface area contributed by atoms with E-state index in [9.17, 15) is 4.79 Å². The Kier molecular flexibility index (Phi) is 6.59. The number of nitrogens with one attached hydrogen (secondary N) is 1. The van der Waals surface area contributed by atoms with E-state index in [2.05, 4.69) is 31.3 Å². The Labute approximate surface area is 187 Å². The monoisotopic (exact) mass is 430 g/mol. The lowest BCUT2D eigenvalue weighted by molar-refractivity contribution is -0.121. The first kappa shape index (κ1) is 21.7. The number of nitrogens with zero attached hydrogens (tertiary/aromatic N) is 5. The molecule has 0 spiro atoms. The van der Waals surface area contributed by atoms with Crippen molar-refractivity contribution in [3.8, 4) is 17.5 Å². The van der Waals surface area contributed by atoms with Crippen molar-refractivity contribution in [2.75, 3.05) is 31.5 Å². The summed E-state index contributed by atoms with van der Waals surface area (Å²) in [5, 5.41) is 15.9. The topological polar surface area (TPSA) is 98.3 Å². The first-order chi connectivity index (χ1) is 15.5. The van der Waals surface area contributed by atoms with E-state index in [1.807, 2.05) is 38.1 Å². The summed E-state index contributed by atoms with van der Waals surface area (Å²) in [6.07, 6.45) is 0. The van der Waals surface area contributed by atoms with Gasteiger partial charge in [0, 0.05) is 37.4 Å². The molecule has 0 saturated carbocycles. The Balaban J connectivity index is 1.27. The van der Waals surface area contributed by atoms with Gasteiger partial charge in [-0.3, -0.25) is 14.6 Å². The number of piperazine rings is 1. The molecule has 8 heteroatoms. The van der Waals surface area contributed by atoms with Crippen LogP contribution < -0.4 is 5.32 Å². The second-order valence-electron chi connectivity index (χ2n) is 8.04. The predicted molar refractivity (Wildman–Crippen MR) is 121 cm³/mol. The van der Waals surface area contributed by atoms with Gasteiger partial charge < -0.3 is 9.84 Å². The molecule has 1 aromatic heterocycles. The van der Waals surface area contributed by atoms with Crippen molar-refractivity contribution in [1.82, 2.24) is 19.9 Å². The summed E-state index contributed by atoms with van der Waals surface area (Å²) in [6.45, 7) is 7.75. The normalized spacial score (nSPS) is 15.8. The summed E-state index contributed by atoms with van der Waals surface area (Å²) in [7, 11) is 0. The van der Waals surface area contributed by atoms with E-state index in [0.29, 0.717) is 29.5 Å². The molecule has 4 rings (SSSR count). The first-order valence-corrected chi connectivity index (χ1v) is 10.7. The van der Waals surface area contributed by atoms with Gasteiger partial charge in [-0.1, -0.05) is 35.0 Å². The number of benzene rings is 2. The maximum absolute atomic E-state index is 12.6. The van der Waals surface area contributed by atoms with Crippen LogP contribution in [0, 0.1) is 18.3 Å². The van der Waals surface area contributed by atoms with Crippen LogP contribution in [0.4, 0.5) is 5.69 Å². The Morgan fingerprint density at radius 1 is 1.12 bits per heavy atom. The smallest absolute Gasteiger partial charge is 0.241 e. The van der Waals surface area contributed by atoms with Crippen molar-refractivity contribution < 1.29 is 9.32 Å². The number of aromatic nitrogens is 2. The van der Waals surface area contributed by atoms with E-state index < -0.39 is 0 Å². The number of nitriles is 1. The summed E-state index contributed by atoms with van der Waals surface area (Å²) in [5.41, 5.74) is 3.40. The van der Waals surface area contributed by atoms with Gasteiger partial charge in [-0.15, -0.1) is 0 Å². The number of amides is 1. The van der Waals surface area contributed by atoms with E-state index in [1.54, 1.807) is 24.3 Å². The van der Waals surface area contributed by atoms with E-state index in [4.69, 9.17) is 9.78 Å². The molecule has 1 N–H and O–H groups in total. The molecule has 0 aliphatic carbocycles. The lowest BCUT2D eigenvalue weighted by Gasteiger charge is -2.36. The van der Waals surface area contributed by atoms with Gasteiger partial charge in [0.1, 0.15) is 0 Å². The molecule has 32 heavy (non-hydrogen) atoms. The van der Waals surface area contributed by atoms with Crippen molar-refractivity contribution >= 4 is 11.6 Å². The van der Waals surface area contributed by atoms with Crippen molar-refractivity contribution in [3.05, 3.63) is 65.5 Å². The van der Waals surface area contributed by atoms with Gasteiger partial charge in [-0.25, -0.2) is 0 Å². The molecule has 1 amide bonds. The van der Waals surface area contributed by atoms with Gasteiger partial charge in [-0.2, -0.15) is 10.2 Å². The van der Waals surface area contributed by atoms with Crippen molar-refractivity contribution in [2.45, 2.75) is 26.4 Å².